The minimum absolute atomic E-state index is 0.0272. The second kappa shape index (κ2) is 11.3. The quantitative estimate of drug-likeness (QED) is 0.374. The molecular weight excluding hydrogens is 446 g/mol. The van der Waals surface area contributed by atoms with E-state index < -0.39 is 32.5 Å². The van der Waals surface area contributed by atoms with Crippen LogP contribution in [0.2, 0.25) is 0 Å². The zero-order valence-corrected chi connectivity index (χ0v) is 19.6. The number of carbonyl (C=O) groups is 1. The number of pyridine rings is 1. The second-order valence-electron chi connectivity index (χ2n) is 8.26. The van der Waals surface area contributed by atoms with Crippen molar-refractivity contribution >= 4 is 5.78 Å². The van der Waals surface area contributed by atoms with Gasteiger partial charge in [0.25, 0.3) is 0 Å². The van der Waals surface area contributed by atoms with Crippen LogP contribution in [0.5, 0.6) is 0 Å². The molecule has 0 atom stereocenters. The van der Waals surface area contributed by atoms with Gasteiger partial charge in [-0.15, -0.1) is 0 Å². The molecule has 182 valence electrons. The maximum Gasteiger partial charge on any atom is 0.167 e. The zero-order chi connectivity index (χ0) is 33.7. The van der Waals surface area contributed by atoms with E-state index in [2.05, 4.69) is 15.0 Å². The summed E-state index contributed by atoms with van der Waals surface area (Å²) in [6.45, 7) is -14.0. The zero-order valence-electron chi connectivity index (χ0n) is 29.6. The lowest BCUT2D eigenvalue weighted by Crippen LogP contribution is -2.42. The van der Waals surface area contributed by atoms with Crippen LogP contribution in [-0.2, 0) is 19.3 Å². The first kappa shape index (κ1) is 14.7. The Hall–Kier alpha value is -3.74. The van der Waals surface area contributed by atoms with Crippen LogP contribution in [0.4, 0.5) is 0 Å². The van der Waals surface area contributed by atoms with Gasteiger partial charge in [0, 0.05) is 88.8 Å². The Kier molecular flexibility index (Phi) is 4.64. The Labute approximate surface area is 226 Å². The first-order chi connectivity index (χ1) is 21.4. The van der Waals surface area contributed by atoms with Crippen molar-refractivity contribution in [3.63, 3.8) is 0 Å². The molecule has 1 aliphatic heterocycles. The van der Waals surface area contributed by atoms with Gasteiger partial charge in [0.2, 0.25) is 0 Å². The molecule has 36 heavy (non-hydrogen) atoms. The van der Waals surface area contributed by atoms with Crippen molar-refractivity contribution in [3.05, 3.63) is 113 Å². The van der Waals surface area contributed by atoms with Gasteiger partial charge in [0.15, 0.2) is 5.78 Å². The predicted octanol–water partition coefficient (Wildman–Crippen LogP) is 4.27. The van der Waals surface area contributed by atoms with Crippen LogP contribution in [0.15, 0.2) is 79.3 Å². The number of hydrogen-bond donors (Lipinski definition) is 1. The fourth-order valence-electron chi connectivity index (χ4n) is 3.78. The Morgan fingerprint density at radius 2 is 1.86 bits per heavy atom. The molecule has 0 radical (unpaired) electrons. The molecule has 6 nitrogen and oxygen atoms in total. The van der Waals surface area contributed by atoms with Gasteiger partial charge < -0.3 is 5.32 Å². The SMILES string of the molecule is [2H]C([2H])(c1ccc(C(=O)Cc2ccc(C)c(Cc3nccc(-c4cccnc4)n3)c2)cc1)N1C([2H])([2H])C([2H])([2H])NC([2H])([2H])C1([2H])[2H]. The van der Waals surface area contributed by atoms with Gasteiger partial charge in [-0.25, -0.2) is 9.97 Å². The van der Waals surface area contributed by atoms with E-state index in [1.165, 1.54) is 24.3 Å². The van der Waals surface area contributed by atoms with Gasteiger partial charge in [-0.05, 0) is 47.4 Å². The summed E-state index contributed by atoms with van der Waals surface area (Å²) in [5.41, 5.74) is 4.24. The molecule has 4 aromatic rings. The first-order valence-electron chi connectivity index (χ1n) is 16.4. The second-order valence-corrected chi connectivity index (χ2v) is 8.26. The van der Waals surface area contributed by atoms with Gasteiger partial charge >= 0.3 is 0 Å². The molecule has 6 heteroatoms. The monoisotopic (exact) mass is 487 g/mol. The van der Waals surface area contributed by atoms with Gasteiger partial charge in [-0.2, -0.15) is 0 Å². The highest BCUT2D eigenvalue weighted by molar-refractivity contribution is 5.97. The number of benzene rings is 2. The highest BCUT2D eigenvalue weighted by Gasteiger charge is 2.13. The highest BCUT2D eigenvalue weighted by Crippen LogP contribution is 2.19. The fraction of sp³-hybridized carbons (Fsp3) is 0.267. The number of aromatic nitrogens is 3. The predicted molar refractivity (Wildman–Crippen MR) is 142 cm³/mol. The molecule has 0 unspecified atom stereocenters. The van der Waals surface area contributed by atoms with Crippen molar-refractivity contribution in [3.8, 4) is 11.3 Å². The lowest BCUT2D eigenvalue weighted by atomic mass is 9.97. The molecule has 1 saturated heterocycles. The van der Waals surface area contributed by atoms with E-state index in [4.69, 9.17) is 13.7 Å². The van der Waals surface area contributed by atoms with E-state index in [0.29, 0.717) is 12.2 Å². The molecule has 0 bridgehead atoms. The Bertz CT molecular complexity index is 1720. The van der Waals surface area contributed by atoms with Crippen molar-refractivity contribution < 1.29 is 18.5 Å². The van der Waals surface area contributed by atoms with Crippen molar-refractivity contribution in [2.45, 2.75) is 26.3 Å². The number of nitrogens with zero attached hydrogens (tertiary/aromatic N) is 4. The molecule has 0 spiro atoms. The summed E-state index contributed by atoms with van der Waals surface area (Å²) in [4.78, 5) is 26.4. The molecule has 0 amide bonds. The van der Waals surface area contributed by atoms with E-state index in [1.54, 1.807) is 23.9 Å². The number of piperazine rings is 1. The summed E-state index contributed by atoms with van der Waals surface area (Å²) in [6, 6.07) is 16.3. The van der Waals surface area contributed by atoms with Gasteiger partial charge in [-0.3, -0.25) is 14.7 Å². The van der Waals surface area contributed by atoms with E-state index >= 15 is 0 Å². The lowest BCUT2D eigenvalue weighted by Gasteiger charge is -2.27. The normalized spacial score (nSPS) is 24.1. The number of hydrogen-bond acceptors (Lipinski definition) is 6. The van der Waals surface area contributed by atoms with Crippen molar-refractivity contribution in [2.24, 2.45) is 0 Å². The molecule has 1 N–H and O–H groups in total. The Balaban J connectivity index is 1.35. The molecule has 2 aromatic heterocycles. The molecule has 1 fully saturated rings. The van der Waals surface area contributed by atoms with E-state index in [9.17, 15) is 4.79 Å². The number of Topliss-reactive ketones (excluding diaryl/α,β-unsaturated/α-hetero) is 1. The van der Waals surface area contributed by atoms with E-state index in [0.717, 1.165) is 27.9 Å². The summed E-state index contributed by atoms with van der Waals surface area (Å²) in [7, 11) is 0. The lowest BCUT2D eigenvalue weighted by molar-refractivity contribution is 0.0993. The van der Waals surface area contributed by atoms with Gasteiger partial charge in [0.1, 0.15) is 5.82 Å². The van der Waals surface area contributed by atoms with Crippen LogP contribution >= 0.6 is 0 Å². The third-order valence-corrected chi connectivity index (χ3v) is 5.70. The molecule has 0 saturated carbocycles. The van der Waals surface area contributed by atoms with Gasteiger partial charge in [-0.1, -0.05) is 42.5 Å². The van der Waals surface area contributed by atoms with Crippen molar-refractivity contribution in [2.75, 3.05) is 26.0 Å². The third kappa shape index (κ3) is 6.08. The average Bonchev–Trinajstić information content (AvgIpc) is 2.98. The molecule has 5 rings (SSSR count). The van der Waals surface area contributed by atoms with Gasteiger partial charge in [0.05, 0.1) is 5.69 Å². The molecular formula is C30H31N5O. The maximum absolute atomic E-state index is 13.2. The van der Waals surface area contributed by atoms with Crippen LogP contribution in [0.3, 0.4) is 0 Å². The largest absolute Gasteiger partial charge is 0.314 e. The highest BCUT2D eigenvalue weighted by atomic mass is 16.1. The third-order valence-electron chi connectivity index (χ3n) is 5.70. The summed E-state index contributed by atoms with van der Waals surface area (Å²) < 4.78 is 82.2. The van der Waals surface area contributed by atoms with E-state index in [-0.39, 0.29) is 28.2 Å². The minimum atomic E-state index is -3.31. The summed E-state index contributed by atoms with van der Waals surface area (Å²) in [5, 5.41) is 1.70. The van der Waals surface area contributed by atoms with Crippen LogP contribution in [0.25, 0.3) is 11.3 Å². The number of carbonyl (C=O) groups excluding carboxylic acids is 1. The molecule has 0 aliphatic carbocycles. The van der Waals surface area contributed by atoms with E-state index in [1.807, 2.05) is 43.3 Å². The average molecular weight is 488 g/mol. The molecule has 2 aromatic carbocycles. The summed E-state index contributed by atoms with van der Waals surface area (Å²) in [6.07, 6.45) is 5.57. The smallest absolute Gasteiger partial charge is 0.167 e. The number of aryl methyl sites for hydroxylation is 1. The van der Waals surface area contributed by atoms with Crippen molar-refractivity contribution in [1.82, 2.24) is 25.2 Å². The molecule has 3 heterocycles. The minimum Gasteiger partial charge on any atom is -0.314 e. The summed E-state index contributed by atoms with van der Waals surface area (Å²) in [5.74, 6) is 0.328. The standard InChI is InChI=1S/C30H31N5O/c1-22-4-5-24(17-27(22)19-30-33-12-10-28(34-30)26-3-2-11-32-20-26)18-29(36)25-8-6-23(7-9-25)21-35-15-13-31-14-16-35/h2-12,17,20,31H,13-16,18-19,21H2,1H3/i13D2,14D2,15D2,16D2,21D2. The van der Waals surface area contributed by atoms with Crippen LogP contribution in [0, 0.1) is 6.92 Å². The summed E-state index contributed by atoms with van der Waals surface area (Å²) >= 11 is 0. The Morgan fingerprint density at radius 1 is 1.06 bits per heavy atom. The van der Waals surface area contributed by atoms with Crippen molar-refractivity contribution in [1.29, 1.82) is 0 Å². The fourth-order valence-corrected chi connectivity index (χ4v) is 3.78. The van der Waals surface area contributed by atoms with Crippen LogP contribution in [-0.4, -0.2) is 51.6 Å². The Morgan fingerprint density at radius 3 is 2.64 bits per heavy atom. The maximum atomic E-state index is 13.2. The number of nitrogens with one attached hydrogen (secondary N) is 1. The topological polar surface area (TPSA) is 71.0 Å². The number of ketones is 1. The van der Waals surface area contributed by atoms with Crippen LogP contribution < -0.4 is 5.32 Å². The van der Waals surface area contributed by atoms with Crippen LogP contribution in [0.1, 0.15) is 52.1 Å². The first-order valence-corrected chi connectivity index (χ1v) is 11.4. The molecule has 1 aliphatic rings. The number of rotatable bonds is 8.